The van der Waals surface area contributed by atoms with E-state index in [1.165, 1.54) is 12.0 Å². The summed E-state index contributed by atoms with van der Waals surface area (Å²) in [5, 5.41) is 0. The largest absolute Gasteiger partial charge is 0.466 e. The molecule has 4 aliphatic heterocycles. The average Bonchev–Trinajstić information content (AvgIpc) is 3.54. The van der Waals surface area contributed by atoms with Crippen LogP contribution in [0.1, 0.15) is 25.5 Å². The molecule has 6 rings (SSSR count). The second-order valence-electron chi connectivity index (χ2n) is 10.0. The van der Waals surface area contributed by atoms with Gasteiger partial charge < -0.3 is 19.1 Å². The lowest BCUT2D eigenvalue weighted by Gasteiger charge is -2.55. The summed E-state index contributed by atoms with van der Waals surface area (Å²) in [6.45, 7) is 3.61. The topological polar surface area (TPSA) is 123 Å². The molecule has 2 bridgehead atoms. The smallest absolute Gasteiger partial charge is 0.349 e. The van der Waals surface area contributed by atoms with E-state index >= 15 is 0 Å². The number of benzene rings is 2. The maximum atomic E-state index is 14.6. The van der Waals surface area contributed by atoms with E-state index in [0.29, 0.717) is 16.9 Å². The third-order valence-corrected chi connectivity index (χ3v) is 8.40. The Balaban J connectivity index is 1.67. The fourth-order valence-corrected chi connectivity index (χ4v) is 6.91. The molecule has 11 nitrogen and oxygen atoms in total. The molecular formula is C29H27N3O8. The van der Waals surface area contributed by atoms with E-state index in [1.807, 2.05) is 0 Å². The van der Waals surface area contributed by atoms with Gasteiger partial charge in [0.2, 0.25) is 17.7 Å². The van der Waals surface area contributed by atoms with E-state index < -0.39 is 59.0 Å². The Morgan fingerprint density at radius 1 is 0.900 bits per heavy atom. The van der Waals surface area contributed by atoms with Crippen molar-refractivity contribution in [1.82, 2.24) is 9.80 Å². The summed E-state index contributed by atoms with van der Waals surface area (Å²) in [5.41, 5.74) is -1.05. The molecule has 40 heavy (non-hydrogen) atoms. The number of nitrogens with zero attached hydrogens (tertiary/aromatic N) is 3. The molecule has 2 aromatic carbocycles. The molecule has 206 valence electrons. The fraction of sp³-hybridized carbons (Fsp3) is 0.345. The summed E-state index contributed by atoms with van der Waals surface area (Å²) in [5.74, 6) is -8.66. The number of imide groups is 1. The highest BCUT2D eigenvalue weighted by molar-refractivity contribution is 6.28. The van der Waals surface area contributed by atoms with Crippen molar-refractivity contribution in [3.63, 3.8) is 0 Å². The van der Waals surface area contributed by atoms with Crippen LogP contribution < -0.4 is 4.90 Å². The number of carbonyl (C=O) groups excluding carboxylic acids is 5. The van der Waals surface area contributed by atoms with Crippen molar-refractivity contribution in [3.8, 4) is 0 Å². The van der Waals surface area contributed by atoms with Gasteiger partial charge in [-0.15, -0.1) is 0 Å². The van der Waals surface area contributed by atoms with Crippen LogP contribution in [0.2, 0.25) is 0 Å². The number of amides is 3. The van der Waals surface area contributed by atoms with Crippen LogP contribution >= 0.6 is 0 Å². The number of hydrogen-bond donors (Lipinski definition) is 0. The minimum atomic E-state index is -2.44. The van der Waals surface area contributed by atoms with Crippen molar-refractivity contribution in [2.75, 3.05) is 25.7 Å². The van der Waals surface area contributed by atoms with Gasteiger partial charge in [-0.2, -0.15) is 0 Å². The minimum absolute atomic E-state index is 0.152. The number of fused-ring (bicyclic) bond motifs is 3. The quantitative estimate of drug-likeness (QED) is 0.314. The van der Waals surface area contributed by atoms with Crippen molar-refractivity contribution in [1.29, 1.82) is 0 Å². The van der Waals surface area contributed by atoms with Crippen molar-refractivity contribution in [2.24, 2.45) is 11.8 Å². The predicted molar refractivity (Wildman–Crippen MR) is 138 cm³/mol. The van der Waals surface area contributed by atoms with Crippen LogP contribution in [0.25, 0.3) is 0 Å². The lowest BCUT2D eigenvalue weighted by molar-refractivity contribution is -0.222. The van der Waals surface area contributed by atoms with Gasteiger partial charge in [-0.3, -0.25) is 19.3 Å². The second kappa shape index (κ2) is 8.75. The maximum Gasteiger partial charge on any atom is 0.349 e. The molecule has 0 aliphatic carbocycles. The Morgan fingerprint density at radius 2 is 1.50 bits per heavy atom. The lowest BCUT2D eigenvalue weighted by Crippen LogP contribution is -2.70. The SMILES string of the molecule is CCN1C(C)=C(C(=O)OC)[C@H](c2ccccc2)N2C(=O)[C@]3(C(=O)OC)O[C@]12[C@H]1C(=O)N(c2ccccc2)C(=O)[C@H]13. The van der Waals surface area contributed by atoms with E-state index in [9.17, 15) is 24.0 Å². The molecule has 5 atom stereocenters. The first-order chi connectivity index (χ1) is 19.2. The van der Waals surface area contributed by atoms with Crippen LogP contribution in [-0.4, -0.2) is 71.7 Å². The third kappa shape index (κ3) is 2.84. The number of anilines is 1. The number of esters is 2. The van der Waals surface area contributed by atoms with Crippen molar-refractivity contribution in [2.45, 2.75) is 31.3 Å². The maximum absolute atomic E-state index is 14.6. The zero-order valence-electron chi connectivity index (χ0n) is 22.3. The fourth-order valence-electron chi connectivity index (χ4n) is 6.91. The van der Waals surface area contributed by atoms with Crippen molar-refractivity contribution < 1.29 is 38.2 Å². The van der Waals surface area contributed by atoms with E-state index in [2.05, 4.69) is 0 Å². The van der Waals surface area contributed by atoms with Crippen LogP contribution in [-0.2, 0) is 38.2 Å². The molecule has 0 unspecified atom stereocenters. The second-order valence-corrected chi connectivity index (χ2v) is 10.0. The summed E-state index contributed by atoms with van der Waals surface area (Å²) < 4.78 is 16.7. The van der Waals surface area contributed by atoms with Gasteiger partial charge in [-0.1, -0.05) is 48.5 Å². The number of rotatable bonds is 5. The molecule has 0 N–H and O–H groups in total. The van der Waals surface area contributed by atoms with Crippen molar-refractivity contribution >= 4 is 35.3 Å². The monoisotopic (exact) mass is 545 g/mol. The minimum Gasteiger partial charge on any atom is -0.466 e. The lowest BCUT2D eigenvalue weighted by atomic mass is 9.73. The Morgan fingerprint density at radius 3 is 2.08 bits per heavy atom. The summed E-state index contributed by atoms with van der Waals surface area (Å²) >= 11 is 0. The van der Waals surface area contributed by atoms with Crippen LogP contribution in [0.15, 0.2) is 71.9 Å². The van der Waals surface area contributed by atoms with E-state index in [-0.39, 0.29) is 12.1 Å². The summed E-state index contributed by atoms with van der Waals surface area (Å²) in [7, 11) is 2.33. The van der Waals surface area contributed by atoms with Gasteiger partial charge in [-0.25, -0.2) is 14.5 Å². The van der Waals surface area contributed by atoms with Gasteiger partial charge in [0.25, 0.3) is 11.5 Å². The molecule has 3 amide bonds. The van der Waals surface area contributed by atoms with Gasteiger partial charge in [0.15, 0.2) is 0 Å². The Bertz CT molecular complexity index is 1490. The van der Waals surface area contributed by atoms with E-state index in [0.717, 1.165) is 12.0 Å². The van der Waals surface area contributed by atoms with Gasteiger partial charge >= 0.3 is 11.9 Å². The molecule has 0 radical (unpaired) electrons. The normalized spacial score (nSPS) is 30.6. The first-order valence-corrected chi connectivity index (χ1v) is 12.9. The number of allylic oxidation sites excluding steroid dienone is 1. The van der Waals surface area contributed by atoms with Crippen LogP contribution in [0.3, 0.4) is 0 Å². The Labute approximate surface area is 229 Å². The van der Waals surface area contributed by atoms with Crippen LogP contribution in [0.4, 0.5) is 5.69 Å². The number of hydrogen-bond acceptors (Lipinski definition) is 9. The van der Waals surface area contributed by atoms with Gasteiger partial charge in [-0.05, 0) is 31.5 Å². The Kier molecular flexibility index (Phi) is 5.63. The molecule has 1 spiro atoms. The Hall–Kier alpha value is -4.51. The molecule has 0 aromatic heterocycles. The predicted octanol–water partition coefficient (Wildman–Crippen LogP) is 1.75. The van der Waals surface area contributed by atoms with E-state index in [1.54, 1.807) is 79.4 Å². The molecule has 3 fully saturated rings. The highest BCUT2D eigenvalue weighted by Gasteiger charge is 2.88. The van der Waals surface area contributed by atoms with Gasteiger partial charge in [0.1, 0.15) is 11.8 Å². The average molecular weight is 546 g/mol. The molecule has 0 saturated carbocycles. The highest BCUT2D eigenvalue weighted by atomic mass is 16.6. The van der Waals surface area contributed by atoms with Crippen LogP contribution in [0, 0.1) is 11.8 Å². The molecule has 4 heterocycles. The number of para-hydroxylation sites is 1. The standard InChI is InChI=1S/C29H27N3O8/c1-5-30-16(2)19(25(35)38-3)22(17-12-8-6-9-13-17)32-26(36)28(27(37)39-4)20-21(29(30,32)40-28)24(34)31(23(20)33)18-14-10-7-11-15-18/h6-15,20-22H,5H2,1-4H3/t20-,21+,22-,28+,29+/m0/s1. The third-order valence-electron chi connectivity index (χ3n) is 8.40. The van der Waals surface area contributed by atoms with Gasteiger partial charge in [0, 0.05) is 12.2 Å². The molecule has 2 aromatic rings. The number of carbonyl (C=O) groups is 5. The first-order valence-electron chi connectivity index (χ1n) is 12.9. The summed E-state index contributed by atoms with van der Waals surface area (Å²) in [6.07, 6.45) is 0. The number of methoxy groups -OCH3 is 2. The first kappa shape index (κ1) is 25.8. The molecule has 4 aliphatic rings. The molecule has 3 saturated heterocycles. The number of ether oxygens (including phenoxy) is 3. The van der Waals surface area contributed by atoms with Crippen molar-refractivity contribution in [3.05, 3.63) is 77.5 Å². The highest BCUT2D eigenvalue weighted by Crippen LogP contribution is 2.65. The summed E-state index contributed by atoms with van der Waals surface area (Å²) in [6, 6.07) is 16.0. The molecular weight excluding hydrogens is 518 g/mol. The van der Waals surface area contributed by atoms with Crippen LogP contribution in [0.5, 0.6) is 0 Å². The number of piperidine rings is 1. The van der Waals surface area contributed by atoms with E-state index in [4.69, 9.17) is 14.2 Å². The van der Waals surface area contributed by atoms with Gasteiger partial charge in [0.05, 0.1) is 31.5 Å². The molecule has 11 heteroatoms. The zero-order chi connectivity index (χ0) is 28.6. The zero-order valence-corrected chi connectivity index (χ0v) is 22.3. The summed E-state index contributed by atoms with van der Waals surface area (Å²) in [4.78, 5) is 73.6.